The third-order valence-corrected chi connectivity index (χ3v) is 3.87. The predicted octanol–water partition coefficient (Wildman–Crippen LogP) is 4.13. The summed E-state index contributed by atoms with van der Waals surface area (Å²) < 4.78 is 0. The number of amides is 1. The van der Waals surface area contributed by atoms with E-state index < -0.39 is 5.97 Å². The zero-order chi connectivity index (χ0) is 17.9. The van der Waals surface area contributed by atoms with Crippen molar-refractivity contribution in [3.63, 3.8) is 0 Å². The van der Waals surface area contributed by atoms with Crippen LogP contribution in [0.5, 0.6) is 0 Å². The van der Waals surface area contributed by atoms with Crippen LogP contribution in [-0.4, -0.2) is 22.1 Å². The first-order valence-electron chi connectivity index (χ1n) is 6.69. The predicted molar refractivity (Wildman–Crippen MR) is 98.3 cm³/mol. The maximum atomic E-state index is 12.1. The highest BCUT2D eigenvalue weighted by molar-refractivity contribution is 7.80. The van der Waals surface area contributed by atoms with Gasteiger partial charge in [-0.3, -0.25) is 10.1 Å². The summed E-state index contributed by atoms with van der Waals surface area (Å²) in [6, 6.07) is 9.54. The van der Waals surface area contributed by atoms with Gasteiger partial charge in [0.2, 0.25) is 0 Å². The number of carboxylic acid groups (broad SMARTS) is 1. The molecule has 0 saturated heterocycles. The monoisotopic (exact) mass is 382 g/mol. The lowest BCUT2D eigenvalue weighted by atomic mass is 10.1. The second-order valence-corrected chi connectivity index (χ2v) is 6.12. The van der Waals surface area contributed by atoms with Crippen molar-refractivity contribution in [2.75, 3.05) is 5.32 Å². The van der Waals surface area contributed by atoms with Crippen molar-refractivity contribution in [2.24, 2.45) is 0 Å². The van der Waals surface area contributed by atoms with E-state index in [0.29, 0.717) is 5.56 Å². The van der Waals surface area contributed by atoms with Crippen LogP contribution in [0, 0.1) is 6.92 Å². The smallest absolute Gasteiger partial charge is 0.337 e. The third kappa shape index (κ3) is 4.44. The molecule has 0 aliphatic rings. The van der Waals surface area contributed by atoms with Crippen LogP contribution in [0.4, 0.5) is 5.69 Å². The van der Waals surface area contributed by atoms with Crippen LogP contribution in [0.1, 0.15) is 26.3 Å². The summed E-state index contributed by atoms with van der Waals surface area (Å²) in [4.78, 5) is 23.2. The van der Waals surface area contributed by atoms with E-state index in [4.69, 9.17) is 40.5 Å². The van der Waals surface area contributed by atoms with Crippen LogP contribution in [0.25, 0.3) is 0 Å². The van der Waals surface area contributed by atoms with E-state index in [2.05, 4.69) is 10.6 Å². The van der Waals surface area contributed by atoms with E-state index in [1.165, 1.54) is 12.1 Å². The van der Waals surface area contributed by atoms with E-state index in [0.717, 1.165) is 5.56 Å². The Morgan fingerprint density at radius 2 is 1.83 bits per heavy atom. The zero-order valence-corrected chi connectivity index (χ0v) is 14.7. The van der Waals surface area contributed by atoms with E-state index in [9.17, 15) is 9.59 Å². The minimum Gasteiger partial charge on any atom is -0.478 e. The highest BCUT2D eigenvalue weighted by Gasteiger charge is 2.15. The number of rotatable bonds is 3. The van der Waals surface area contributed by atoms with Crippen molar-refractivity contribution in [2.45, 2.75) is 6.92 Å². The molecule has 0 aliphatic carbocycles. The van der Waals surface area contributed by atoms with Gasteiger partial charge in [-0.1, -0.05) is 40.9 Å². The summed E-state index contributed by atoms with van der Waals surface area (Å²) in [5.41, 5.74) is 1.49. The van der Waals surface area contributed by atoms with Gasteiger partial charge in [0.05, 0.1) is 21.3 Å². The molecule has 0 aromatic heterocycles. The number of hydrogen-bond acceptors (Lipinski definition) is 3. The molecule has 8 heteroatoms. The first-order chi connectivity index (χ1) is 11.3. The van der Waals surface area contributed by atoms with E-state index >= 15 is 0 Å². The topological polar surface area (TPSA) is 78.4 Å². The van der Waals surface area contributed by atoms with Crippen molar-refractivity contribution < 1.29 is 14.7 Å². The largest absolute Gasteiger partial charge is 0.478 e. The van der Waals surface area contributed by atoms with Gasteiger partial charge in [-0.05, 0) is 43.4 Å². The standard InChI is InChI=1S/C16H12Cl2N2O3S/c1-8-3-2-4-9(5-8)14(21)20-16(24)19-13-6-10(15(22)23)11(17)7-12(13)18/h2-7H,1H3,(H,22,23)(H2,19,20,21,24). The number of aryl methyl sites for hydroxylation is 1. The number of nitrogens with one attached hydrogen (secondary N) is 2. The Balaban J connectivity index is 2.14. The fraction of sp³-hybridized carbons (Fsp3) is 0.0625. The Kier molecular flexibility index (Phi) is 5.77. The maximum absolute atomic E-state index is 12.1. The molecule has 5 nitrogen and oxygen atoms in total. The van der Waals surface area contributed by atoms with Crippen molar-refractivity contribution >= 4 is 58.1 Å². The molecule has 1 amide bonds. The molecule has 124 valence electrons. The molecule has 0 fully saturated rings. The Hall–Kier alpha value is -2.15. The molecule has 24 heavy (non-hydrogen) atoms. The number of thiocarbonyl (C=S) groups is 1. The number of carboxylic acids is 1. The number of halogens is 2. The molecule has 3 N–H and O–H groups in total. The van der Waals surface area contributed by atoms with Crippen LogP contribution in [0.2, 0.25) is 10.0 Å². The summed E-state index contributed by atoms with van der Waals surface area (Å²) in [6.07, 6.45) is 0. The first-order valence-corrected chi connectivity index (χ1v) is 7.85. The highest BCUT2D eigenvalue weighted by atomic mass is 35.5. The number of benzene rings is 2. The molecular formula is C16H12Cl2N2O3S. The molecule has 0 spiro atoms. The Morgan fingerprint density at radius 3 is 2.46 bits per heavy atom. The Morgan fingerprint density at radius 1 is 1.12 bits per heavy atom. The summed E-state index contributed by atoms with van der Waals surface area (Å²) in [5.74, 6) is -1.59. The van der Waals surface area contributed by atoms with Crippen molar-refractivity contribution in [3.8, 4) is 0 Å². The summed E-state index contributed by atoms with van der Waals surface area (Å²) in [6.45, 7) is 1.87. The number of aromatic carboxylic acids is 1. The maximum Gasteiger partial charge on any atom is 0.337 e. The zero-order valence-electron chi connectivity index (χ0n) is 12.4. The highest BCUT2D eigenvalue weighted by Crippen LogP contribution is 2.29. The minimum absolute atomic E-state index is 0.00719. The second kappa shape index (κ2) is 7.61. The van der Waals surface area contributed by atoms with Gasteiger partial charge in [0.15, 0.2) is 5.11 Å². The Labute approximate surface area is 153 Å². The minimum atomic E-state index is -1.20. The van der Waals surface area contributed by atoms with Gasteiger partial charge in [-0.15, -0.1) is 0 Å². The molecule has 0 unspecified atom stereocenters. The molecule has 0 bridgehead atoms. The van der Waals surface area contributed by atoms with Gasteiger partial charge in [0, 0.05) is 5.56 Å². The Bertz CT molecular complexity index is 840. The van der Waals surface area contributed by atoms with Crippen LogP contribution >= 0.6 is 35.4 Å². The molecule has 0 saturated carbocycles. The summed E-state index contributed by atoms with van der Waals surface area (Å²) in [7, 11) is 0. The lowest BCUT2D eigenvalue weighted by Gasteiger charge is -2.12. The van der Waals surface area contributed by atoms with Gasteiger partial charge in [-0.25, -0.2) is 4.79 Å². The van der Waals surface area contributed by atoms with E-state index in [1.54, 1.807) is 18.2 Å². The molecular weight excluding hydrogens is 371 g/mol. The summed E-state index contributed by atoms with van der Waals surface area (Å²) >= 11 is 16.9. The summed E-state index contributed by atoms with van der Waals surface area (Å²) in [5, 5.41) is 14.4. The number of anilines is 1. The molecule has 0 atom stereocenters. The number of carbonyl (C=O) groups excluding carboxylic acids is 1. The van der Waals surface area contributed by atoms with Gasteiger partial charge in [0.25, 0.3) is 5.91 Å². The van der Waals surface area contributed by atoms with Crippen LogP contribution in [0.15, 0.2) is 36.4 Å². The molecule has 2 aromatic carbocycles. The average molecular weight is 383 g/mol. The SMILES string of the molecule is Cc1cccc(C(=O)NC(=S)Nc2cc(C(=O)O)c(Cl)cc2Cl)c1. The molecule has 2 aromatic rings. The lowest BCUT2D eigenvalue weighted by Crippen LogP contribution is -2.34. The average Bonchev–Trinajstić information content (AvgIpc) is 2.49. The van der Waals surface area contributed by atoms with Gasteiger partial charge >= 0.3 is 5.97 Å². The van der Waals surface area contributed by atoms with Crippen molar-refractivity contribution in [1.82, 2.24) is 5.32 Å². The van der Waals surface area contributed by atoms with Crippen LogP contribution < -0.4 is 10.6 Å². The number of carbonyl (C=O) groups is 2. The quantitative estimate of drug-likeness (QED) is 0.695. The number of hydrogen-bond donors (Lipinski definition) is 3. The normalized spacial score (nSPS) is 10.1. The van der Waals surface area contributed by atoms with Crippen molar-refractivity contribution in [3.05, 3.63) is 63.1 Å². The van der Waals surface area contributed by atoms with E-state index in [1.807, 2.05) is 13.0 Å². The molecule has 0 radical (unpaired) electrons. The fourth-order valence-corrected chi connectivity index (χ4v) is 2.64. The van der Waals surface area contributed by atoms with Gasteiger partial charge in [-0.2, -0.15) is 0 Å². The van der Waals surface area contributed by atoms with Gasteiger partial charge in [0.1, 0.15) is 0 Å². The van der Waals surface area contributed by atoms with Crippen LogP contribution in [-0.2, 0) is 0 Å². The fourth-order valence-electron chi connectivity index (χ4n) is 1.92. The van der Waals surface area contributed by atoms with Gasteiger partial charge < -0.3 is 10.4 Å². The molecule has 2 rings (SSSR count). The third-order valence-electron chi connectivity index (χ3n) is 3.04. The van der Waals surface area contributed by atoms with E-state index in [-0.39, 0.29) is 32.3 Å². The lowest BCUT2D eigenvalue weighted by molar-refractivity contribution is 0.0697. The van der Waals surface area contributed by atoms with Crippen LogP contribution in [0.3, 0.4) is 0 Å². The molecule has 0 aliphatic heterocycles. The molecule has 0 heterocycles. The van der Waals surface area contributed by atoms with Crippen molar-refractivity contribution in [1.29, 1.82) is 0 Å². The second-order valence-electron chi connectivity index (χ2n) is 4.89. The first kappa shape index (κ1) is 18.2.